The fourth-order valence-electron chi connectivity index (χ4n) is 3.84. The molecule has 0 N–H and O–H groups in total. The first-order valence-corrected chi connectivity index (χ1v) is 8.73. The van der Waals surface area contributed by atoms with E-state index in [0.717, 1.165) is 37.2 Å². The molecule has 0 saturated carbocycles. The van der Waals surface area contributed by atoms with Crippen molar-refractivity contribution in [3.63, 3.8) is 0 Å². The highest BCUT2D eigenvalue weighted by Gasteiger charge is 2.33. The molecule has 1 fully saturated rings. The van der Waals surface area contributed by atoms with Gasteiger partial charge in [0.05, 0.1) is 7.11 Å². The Morgan fingerprint density at radius 1 is 1.21 bits per heavy atom. The van der Waals surface area contributed by atoms with Crippen molar-refractivity contribution >= 4 is 17.5 Å². The van der Waals surface area contributed by atoms with Crippen LogP contribution < -0.4 is 9.64 Å². The molecule has 0 bridgehead atoms. The summed E-state index contributed by atoms with van der Waals surface area (Å²) in [6.45, 7) is 5.92. The van der Waals surface area contributed by atoms with Crippen LogP contribution in [0.15, 0.2) is 18.2 Å². The smallest absolute Gasteiger partial charge is 0.230 e. The molecule has 5 nitrogen and oxygen atoms in total. The lowest BCUT2D eigenvalue weighted by Gasteiger charge is -2.38. The number of rotatable bonds is 2. The second kappa shape index (κ2) is 6.83. The fraction of sp³-hybridized carbons (Fsp3) is 0.579. The molecule has 130 valence electrons. The van der Waals surface area contributed by atoms with E-state index >= 15 is 0 Å². The van der Waals surface area contributed by atoms with Crippen molar-refractivity contribution in [2.24, 2.45) is 11.8 Å². The molecule has 0 aliphatic carbocycles. The van der Waals surface area contributed by atoms with Gasteiger partial charge in [-0.25, -0.2) is 0 Å². The molecule has 1 saturated heterocycles. The number of hydrogen-bond acceptors (Lipinski definition) is 3. The van der Waals surface area contributed by atoms with Crippen LogP contribution >= 0.6 is 0 Å². The summed E-state index contributed by atoms with van der Waals surface area (Å²) in [5.41, 5.74) is 2.20. The van der Waals surface area contributed by atoms with Gasteiger partial charge in [-0.1, -0.05) is 6.92 Å². The molecule has 3 rings (SSSR count). The van der Waals surface area contributed by atoms with Crippen molar-refractivity contribution in [2.45, 2.75) is 33.1 Å². The molecule has 0 spiro atoms. The number of ether oxygens (including phenoxy) is 1. The second-order valence-corrected chi connectivity index (χ2v) is 7.03. The normalized spacial score (nSPS) is 21.4. The minimum absolute atomic E-state index is 0.0147. The predicted octanol–water partition coefficient (Wildman–Crippen LogP) is 2.48. The molecule has 1 unspecified atom stereocenters. The monoisotopic (exact) mass is 330 g/mol. The number of carbonyl (C=O) groups is 2. The molecular weight excluding hydrogens is 304 g/mol. The summed E-state index contributed by atoms with van der Waals surface area (Å²) >= 11 is 0. The van der Waals surface area contributed by atoms with Crippen molar-refractivity contribution in [2.75, 3.05) is 31.6 Å². The number of carbonyl (C=O) groups excluding carboxylic acids is 2. The van der Waals surface area contributed by atoms with Gasteiger partial charge in [0.25, 0.3) is 0 Å². The van der Waals surface area contributed by atoms with E-state index in [4.69, 9.17) is 4.74 Å². The number of amides is 2. The molecule has 1 aromatic carbocycles. The van der Waals surface area contributed by atoms with Gasteiger partial charge in [-0.15, -0.1) is 0 Å². The van der Waals surface area contributed by atoms with Gasteiger partial charge in [0, 0.05) is 38.2 Å². The Balaban J connectivity index is 1.77. The number of methoxy groups -OCH3 is 1. The SMILES string of the molecule is COc1ccc2c(c1)CC(C)CN2C(=O)C1CCN(C(C)=O)CC1. The van der Waals surface area contributed by atoms with Gasteiger partial charge >= 0.3 is 0 Å². The van der Waals surface area contributed by atoms with E-state index in [9.17, 15) is 9.59 Å². The number of benzene rings is 1. The first kappa shape index (κ1) is 16.8. The van der Waals surface area contributed by atoms with Crippen molar-refractivity contribution in [3.05, 3.63) is 23.8 Å². The summed E-state index contributed by atoms with van der Waals surface area (Å²) in [5.74, 6) is 1.60. The number of nitrogens with zero attached hydrogens (tertiary/aromatic N) is 2. The average molecular weight is 330 g/mol. The van der Waals surface area contributed by atoms with E-state index in [1.807, 2.05) is 28.0 Å². The molecule has 2 aliphatic heterocycles. The third-order valence-corrected chi connectivity index (χ3v) is 5.20. The van der Waals surface area contributed by atoms with Crippen LogP contribution in [0.2, 0.25) is 0 Å². The minimum atomic E-state index is 0.0147. The molecular formula is C19H26N2O3. The van der Waals surface area contributed by atoms with Crippen molar-refractivity contribution in [1.29, 1.82) is 0 Å². The van der Waals surface area contributed by atoms with Crippen LogP contribution in [0, 0.1) is 11.8 Å². The maximum absolute atomic E-state index is 13.1. The molecule has 1 atom stereocenters. The van der Waals surface area contributed by atoms with E-state index in [0.29, 0.717) is 19.0 Å². The largest absolute Gasteiger partial charge is 0.497 e. The van der Waals surface area contributed by atoms with Gasteiger partial charge in [-0.2, -0.15) is 0 Å². The average Bonchev–Trinajstić information content (AvgIpc) is 2.59. The highest BCUT2D eigenvalue weighted by atomic mass is 16.5. The highest BCUT2D eigenvalue weighted by molar-refractivity contribution is 5.96. The Hall–Kier alpha value is -2.04. The minimum Gasteiger partial charge on any atom is -0.497 e. The third-order valence-electron chi connectivity index (χ3n) is 5.20. The van der Waals surface area contributed by atoms with Crippen LogP contribution in [0.5, 0.6) is 5.75 Å². The summed E-state index contributed by atoms with van der Waals surface area (Å²) in [4.78, 5) is 28.3. The van der Waals surface area contributed by atoms with Crippen LogP contribution in [-0.2, 0) is 16.0 Å². The van der Waals surface area contributed by atoms with Gasteiger partial charge in [-0.05, 0) is 48.9 Å². The maximum atomic E-state index is 13.1. The topological polar surface area (TPSA) is 49.9 Å². The molecule has 1 aromatic rings. The number of anilines is 1. The summed E-state index contributed by atoms with van der Waals surface area (Å²) in [6.07, 6.45) is 2.49. The summed E-state index contributed by atoms with van der Waals surface area (Å²) in [7, 11) is 1.67. The van der Waals surface area contributed by atoms with Crippen LogP contribution in [0.4, 0.5) is 5.69 Å². The first-order valence-electron chi connectivity index (χ1n) is 8.73. The van der Waals surface area contributed by atoms with Gasteiger partial charge < -0.3 is 14.5 Å². The Kier molecular flexibility index (Phi) is 4.78. The van der Waals surface area contributed by atoms with Gasteiger partial charge in [-0.3, -0.25) is 9.59 Å². The van der Waals surface area contributed by atoms with Crippen LogP contribution in [0.25, 0.3) is 0 Å². The fourth-order valence-corrected chi connectivity index (χ4v) is 3.84. The number of likely N-dealkylation sites (tertiary alicyclic amines) is 1. The summed E-state index contributed by atoms with van der Waals surface area (Å²) < 4.78 is 5.32. The van der Waals surface area contributed by atoms with Gasteiger partial charge in [0.15, 0.2) is 0 Å². The Bertz CT molecular complexity index is 635. The molecule has 0 aromatic heterocycles. The molecule has 5 heteroatoms. The van der Waals surface area contributed by atoms with E-state index in [2.05, 4.69) is 6.92 Å². The van der Waals surface area contributed by atoms with Crippen molar-refractivity contribution in [1.82, 2.24) is 4.90 Å². The standard InChI is InChI=1S/C19H26N2O3/c1-13-10-16-11-17(24-3)4-5-18(16)21(12-13)19(23)15-6-8-20(9-7-15)14(2)22/h4-5,11,13,15H,6-10,12H2,1-3H3. The molecule has 2 amide bonds. The Morgan fingerprint density at radius 2 is 1.92 bits per heavy atom. The molecule has 2 aliphatic rings. The zero-order valence-electron chi connectivity index (χ0n) is 14.7. The first-order chi connectivity index (χ1) is 11.5. The molecule has 24 heavy (non-hydrogen) atoms. The van der Waals surface area contributed by atoms with Crippen molar-refractivity contribution < 1.29 is 14.3 Å². The van der Waals surface area contributed by atoms with Gasteiger partial charge in [0.2, 0.25) is 11.8 Å². The lowest BCUT2D eigenvalue weighted by molar-refractivity contribution is -0.133. The quantitative estimate of drug-likeness (QED) is 0.837. The van der Waals surface area contributed by atoms with E-state index in [-0.39, 0.29) is 17.7 Å². The summed E-state index contributed by atoms with van der Waals surface area (Å²) in [5, 5.41) is 0. The predicted molar refractivity (Wildman–Crippen MR) is 93.2 cm³/mol. The van der Waals surface area contributed by atoms with E-state index < -0.39 is 0 Å². The molecule has 2 heterocycles. The number of piperidine rings is 1. The molecule has 0 radical (unpaired) electrons. The lowest BCUT2D eigenvalue weighted by atomic mass is 9.90. The number of fused-ring (bicyclic) bond motifs is 1. The third kappa shape index (κ3) is 3.25. The van der Waals surface area contributed by atoms with Crippen LogP contribution in [0.1, 0.15) is 32.3 Å². The number of hydrogen-bond donors (Lipinski definition) is 0. The Morgan fingerprint density at radius 3 is 2.54 bits per heavy atom. The maximum Gasteiger partial charge on any atom is 0.230 e. The zero-order chi connectivity index (χ0) is 17.3. The summed E-state index contributed by atoms with van der Waals surface area (Å²) in [6, 6.07) is 5.97. The van der Waals surface area contributed by atoms with Crippen molar-refractivity contribution in [3.8, 4) is 5.75 Å². The van der Waals surface area contributed by atoms with Crippen LogP contribution in [-0.4, -0.2) is 43.5 Å². The lowest BCUT2D eigenvalue weighted by Crippen LogP contribution is -2.46. The highest BCUT2D eigenvalue weighted by Crippen LogP contribution is 2.34. The zero-order valence-corrected chi connectivity index (χ0v) is 14.7. The second-order valence-electron chi connectivity index (χ2n) is 7.03. The van der Waals surface area contributed by atoms with E-state index in [1.165, 1.54) is 5.56 Å². The Labute approximate surface area is 143 Å². The van der Waals surface area contributed by atoms with Gasteiger partial charge in [0.1, 0.15) is 5.75 Å². The van der Waals surface area contributed by atoms with E-state index in [1.54, 1.807) is 14.0 Å². The van der Waals surface area contributed by atoms with Crippen LogP contribution in [0.3, 0.4) is 0 Å².